The van der Waals surface area contributed by atoms with Crippen LogP contribution in [0.4, 0.5) is 0 Å². The molecule has 0 atom stereocenters. The van der Waals surface area contributed by atoms with Gasteiger partial charge in [0.05, 0.1) is 0 Å². The molecule has 98 valence electrons. The van der Waals surface area contributed by atoms with Crippen LogP contribution in [0, 0.1) is 5.92 Å². The lowest BCUT2D eigenvalue weighted by Gasteiger charge is -2.37. The lowest BCUT2D eigenvalue weighted by molar-refractivity contribution is -0.135. The van der Waals surface area contributed by atoms with E-state index in [9.17, 15) is 4.79 Å². The molecule has 0 aliphatic heterocycles. The van der Waals surface area contributed by atoms with Gasteiger partial charge in [0.15, 0.2) is 0 Å². The Morgan fingerprint density at radius 3 is 2.29 bits per heavy atom. The van der Waals surface area contributed by atoms with Gasteiger partial charge in [-0.05, 0) is 51.4 Å². The Morgan fingerprint density at radius 1 is 1.18 bits per heavy atom. The fraction of sp³-hybridized carbons (Fsp3) is 0.929. The molecule has 1 amide bonds. The number of nitrogens with zero attached hydrogens (tertiary/aromatic N) is 1. The van der Waals surface area contributed by atoms with Gasteiger partial charge in [-0.1, -0.05) is 6.42 Å². The maximum atomic E-state index is 12.3. The average Bonchev–Trinajstić information content (AvgIpc) is 2.27. The van der Waals surface area contributed by atoms with Gasteiger partial charge in [-0.2, -0.15) is 0 Å². The first kappa shape index (κ1) is 12.9. The molecule has 17 heavy (non-hydrogen) atoms. The van der Waals surface area contributed by atoms with Gasteiger partial charge in [-0.15, -0.1) is 0 Å². The second kappa shape index (κ2) is 5.85. The van der Waals surface area contributed by atoms with E-state index in [2.05, 4.69) is 11.8 Å². The van der Waals surface area contributed by atoms with Crippen molar-refractivity contribution in [3.05, 3.63) is 0 Å². The van der Waals surface area contributed by atoms with E-state index in [-0.39, 0.29) is 0 Å². The Hall–Kier alpha value is -0.570. The SMILES string of the molecule is CCN(C(=O)CC1CCC1)C1CCC(N)CC1. The summed E-state index contributed by atoms with van der Waals surface area (Å²) in [5, 5.41) is 0. The molecular formula is C14H26N2O. The molecule has 0 aromatic heterocycles. The molecular weight excluding hydrogens is 212 g/mol. The van der Waals surface area contributed by atoms with Crippen molar-refractivity contribution >= 4 is 5.91 Å². The minimum absolute atomic E-state index is 0.367. The van der Waals surface area contributed by atoms with Crippen LogP contribution >= 0.6 is 0 Å². The van der Waals surface area contributed by atoms with Crippen LogP contribution in [0.1, 0.15) is 58.3 Å². The average molecular weight is 238 g/mol. The number of hydrogen-bond acceptors (Lipinski definition) is 2. The molecule has 0 heterocycles. The molecule has 3 heteroatoms. The third kappa shape index (κ3) is 3.21. The maximum Gasteiger partial charge on any atom is 0.223 e. The zero-order chi connectivity index (χ0) is 12.3. The predicted molar refractivity (Wildman–Crippen MR) is 69.6 cm³/mol. The van der Waals surface area contributed by atoms with E-state index in [0.29, 0.717) is 23.9 Å². The highest BCUT2D eigenvalue weighted by molar-refractivity contribution is 5.76. The normalized spacial score (nSPS) is 29.8. The number of rotatable bonds is 4. The molecule has 2 rings (SSSR count). The highest BCUT2D eigenvalue weighted by Crippen LogP contribution is 2.31. The van der Waals surface area contributed by atoms with Crippen molar-refractivity contribution in [3.8, 4) is 0 Å². The number of nitrogens with two attached hydrogens (primary N) is 1. The summed E-state index contributed by atoms with van der Waals surface area (Å²) in [6, 6.07) is 0.832. The Labute approximate surface area is 105 Å². The van der Waals surface area contributed by atoms with Gasteiger partial charge in [-0.25, -0.2) is 0 Å². The summed E-state index contributed by atoms with van der Waals surface area (Å²) in [6.07, 6.45) is 9.00. The summed E-state index contributed by atoms with van der Waals surface area (Å²) in [4.78, 5) is 14.4. The molecule has 0 aromatic carbocycles. The quantitative estimate of drug-likeness (QED) is 0.817. The zero-order valence-corrected chi connectivity index (χ0v) is 11.0. The Kier molecular flexibility index (Phi) is 4.43. The molecule has 0 spiro atoms. The second-order valence-electron chi connectivity index (χ2n) is 5.75. The minimum Gasteiger partial charge on any atom is -0.340 e. The third-order valence-electron chi connectivity index (χ3n) is 4.53. The van der Waals surface area contributed by atoms with Crippen LogP contribution in [-0.2, 0) is 4.79 Å². The number of carbonyl (C=O) groups is 1. The molecule has 0 aromatic rings. The van der Waals surface area contributed by atoms with E-state index in [1.54, 1.807) is 0 Å². The van der Waals surface area contributed by atoms with Crippen LogP contribution in [0.2, 0.25) is 0 Å². The summed E-state index contributed by atoms with van der Waals surface area (Å²) >= 11 is 0. The number of amides is 1. The first-order chi connectivity index (χ1) is 8.20. The number of hydrogen-bond donors (Lipinski definition) is 1. The second-order valence-corrected chi connectivity index (χ2v) is 5.75. The van der Waals surface area contributed by atoms with Gasteiger partial charge >= 0.3 is 0 Å². The molecule has 2 N–H and O–H groups in total. The van der Waals surface area contributed by atoms with Crippen molar-refractivity contribution in [1.82, 2.24) is 4.90 Å². The van der Waals surface area contributed by atoms with E-state index in [1.165, 1.54) is 19.3 Å². The van der Waals surface area contributed by atoms with Gasteiger partial charge < -0.3 is 10.6 Å². The van der Waals surface area contributed by atoms with E-state index >= 15 is 0 Å². The van der Waals surface area contributed by atoms with Crippen LogP contribution in [0.15, 0.2) is 0 Å². The van der Waals surface area contributed by atoms with Crippen molar-refractivity contribution < 1.29 is 4.79 Å². The monoisotopic (exact) mass is 238 g/mol. The van der Waals surface area contributed by atoms with Gasteiger partial charge in [0.1, 0.15) is 0 Å². The van der Waals surface area contributed by atoms with Crippen LogP contribution in [0.5, 0.6) is 0 Å². The molecule has 0 radical (unpaired) electrons. The van der Waals surface area contributed by atoms with E-state index in [1.807, 2.05) is 0 Å². The molecule has 0 bridgehead atoms. The molecule has 2 saturated carbocycles. The van der Waals surface area contributed by atoms with Crippen molar-refractivity contribution in [1.29, 1.82) is 0 Å². The lowest BCUT2D eigenvalue weighted by atomic mass is 9.82. The standard InChI is InChI=1S/C14H26N2O/c1-2-16(13-8-6-12(15)7-9-13)14(17)10-11-4-3-5-11/h11-13H,2-10,15H2,1H3. The fourth-order valence-electron chi connectivity index (χ4n) is 3.11. The van der Waals surface area contributed by atoms with Gasteiger partial charge in [0.2, 0.25) is 5.91 Å². The summed E-state index contributed by atoms with van der Waals surface area (Å²) in [6.45, 7) is 2.97. The van der Waals surface area contributed by atoms with E-state index in [0.717, 1.165) is 38.6 Å². The van der Waals surface area contributed by atoms with Crippen LogP contribution in [0.3, 0.4) is 0 Å². The van der Waals surface area contributed by atoms with Crippen molar-refractivity contribution in [2.45, 2.75) is 70.4 Å². The Bertz CT molecular complexity index is 255. The molecule has 2 aliphatic carbocycles. The Balaban J connectivity index is 1.83. The van der Waals surface area contributed by atoms with E-state index in [4.69, 9.17) is 5.73 Å². The van der Waals surface area contributed by atoms with Crippen molar-refractivity contribution in [2.75, 3.05) is 6.54 Å². The van der Waals surface area contributed by atoms with Crippen molar-refractivity contribution in [3.63, 3.8) is 0 Å². The van der Waals surface area contributed by atoms with Gasteiger partial charge in [-0.3, -0.25) is 4.79 Å². The number of carbonyl (C=O) groups excluding carboxylic acids is 1. The first-order valence-electron chi connectivity index (χ1n) is 7.25. The highest BCUT2D eigenvalue weighted by atomic mass is 16.2. The Morgan fingerprint density at radius 2 is 1.82 bits per heavy atom. The van der Waals surface area contributed by atoms with Crippen LogP contribution in [-0.4, -0.2) is 29.4 Å². The lowest BCUT2D eigenvalue weighted by Crippen LogP contribution is -2.44. The van der Waals surface area contributed by atoms with Crippen LogP contribution in [0.25, 0.3) is 0 Å². The maximum absolute atomic E-state index is 12.3. The fourth-order valence-corrected chi connectivity index (χ4v) is 3.11. The molecule has 0 saturated heterocycles. The minimum atomic E-state index is 0.367. The molecule has 0 unspecified atom stereocenters. The molecule has 2 fully saturated rings. The van der Waals surface area contributed by atoms with Gasteiger partial charge in [0.25, 0.3) is 0 Å². The van der Waals surface area contributed by atoms with Crippen LogP contribution < -0.4 is 5.73 Å². The highest BCUT2D eigenvalue weighted by Gasteiger charge is 2.29. The predicted octanol–water partition coefficient (Wildman–Crippen LogP) is 2.29. The summed E-state index contributed by atoms with van der Waals surface area (Å²) in [5.74, 6) is 1.07. The van der Waals surface area contributed by atoms with E-state index < -0.39 is 0 Å². The largest absolute Gasteiger partial charge is 0.340 e. The van der Waals surface area contributed by atoms with Gasteiger partial charge in [0, 0.05) is 25.0 Å². The summed E-state index contributed by atoms with van der Waals surface area (Å²) in [5.41, 5.74) is 5.92. The molecule has 3 nitrogen and oxygen atoms in total. The van der Waals surface area contributed by atoms with Crippen molar-refractivity contribution in [2.24, 2.45) is 11.7 Å². The smallest absolute Gasteiger partial charge is 0.223 e. The summed E-state index contributed by atoms with van der Waals surface area (Å²) < 4.78 is 0. The first-order valence-corrected chi connectivity index (χ1v) is 7.25. The third-order valence-corrected chi connectivity index (χ3v) is 4.53. The molecule has 2 aliphatic rings. The topological polar surface area (TPSA) is 46.3 Å². The zero-order valence-electron chi connectivity index (χ0n) is 11.0. The summed E-state index contributed by atoms with van der Waals surface area (Å²) in [7, 11) is 0.